The third kappa shape index (κ3) is 6.63. The molecule has 0 saturated heterocycles. The Balaban J connectivity index is 2.16. The zero-order valence-corrected chi connectivity index (χ0v) is 12.7. The van der Waals surface area contributed by atoms with Gasteiger partial charge in [-0.3, -0.25) is 0 Å². The molecule has 0 heterocycles. The summed E-state index contributed by atoms with van der Waals surface area (Å²) in [5.41, 5.74) is 1.30. The van der Waals surface area contributed by atoms with Crippen molar-refractivity contribution in [2.45, 2.75) is 58.4 Å². The lowest BCUT2D eigenvalue weighted by Crippen LogP contribution is -2.11. The molecule has 1 unspecified atom stereocenters. The van der Waals surface area contributed by atoms with E-state index in [9.17, 15) is 0 Å². The summed E-state index contributed by atoms with van der Waals surface area (Å²) in [6.45, 7) is 5.25. The Morgan fingerprint density at radius 3 is 2.26 bits per heavy atom. The maximum atomic E-state index is 5.76. The molecule has 1 aromatic rings. The van der Waals surface area contributed by atoms with Crippen molar-refractivity contribution in [1.29, 1.82) is 0 Å². The van der Waals surface area contributed by atoms with Gasteiger partial charge in [-0.1, -0.05) is 51.2 Å². The number of nitrogens with one attached hydrogen (secondary N) is 1. The van der Waals surface area contributed by atoms with Crippen LogP contribution in [0.4, 0.5) is 0 Å². The molecule has 0 aliphatic heterocycles. The monoisotopic (exact) mass is 263 g/mol. The van der Waals surface area contributed by atoms with E-state index in [1.807, 2.05) is 7.05 Å². The van der Waals surface area contributed by atoms with Crippen molar-refractivity contribution in [3.05, 3.63) is 29.8 Å². The minimum Gasteiger partial charge on any atom is -0.494 e. The van der Waals surface area contributed by atoms with E-state index in [0.717, 1.165) is 12.4 Å². The normalized spacial score (nSPS) is 12.4. The van der Waals surface area contributed by atoms with Crippen molar-refractivity contribution in [3.8, 4) is 5.75 Å². The first-order valence-electron chi connectivity index (χ1n) is 7.68. The lowest BCUT2D eigenvalue weighted by Gasteiger charge is -2.11. The molecular weight excluding hydrogens is 234 g/mol. The van der Waals surface area contributed by atoms with Crippen molar-refractivity contribution in [2.24, 2.45) is 0 Å². The van der Waals surface area contributed by atoms with E-state index < -0.39 is 0 Å². The average Bonchev–Trinajstić information content (AvgIpc) is 2.46. The highest BCUT2D eigenvalue weighted by atomic mass is 16.5. The molecule has 1 aromatic carbocycles. The molecule has 0 radical (unpaired) electrons. The molecule has 19 heavy (non-hydrogen) atoms. The predicted octanol–water partition coefficient (Wildman–Crippen LogP) is 4.71. The van der Waals surface area contributed by atoms with Crippen molar-refractivity contribution in [2.75, 3.05) is 13.7 Å². The standard InChI is InChI=1S/C17H29NO/c1-4-5-6-7-8-9-14-19-17-12-10-16(11-13-17)15(2)18-3/h10-13,15,18H,4-9,14H2,1-3H3. The van der Waals surface area contributed by atoms with Crippen LogP contribution < -0.4 is 10.1 Å². The summed E-state index contributed by atoms with van der Waals surface area (Å²) in [5, 5.41) is 3.24. The van der Waals surface area contributed by atoms with Gasteiger partial charge in [0.15, 0.2) is 0 Å². The SMILES string of the molecule is CCCCCCCCOc1ccc(C(C)NC)cc1. The van der Waals surface area contributed by atoms with Crippen LogP contribution in [0.1, 0.15) is 64.0 Å². The van der Waals surface area contributed by atoms with Gasteiger partial charge in [0.2, 0.25) is 0 Å². The lowest BCUT2D eigenvalue weighted by atomic mass is 10.1. The molecule has 0 amide bonds. The molecule has 0 bridgehead atoms. The minimum atomic E-state index is 0.396. The fourth-order valence-corrected chi connectivity index (χ4v) is 2.09. The molecule has 0 aliphatic rings. The Morgan fingerprint density at radius 2 is 1.63 bits per heavy atom. The molecule has 0 fully saturated rings. The van der Waals surface area contributed by atoms with Gasteiger partial charge in [-0.25, -0.2) is 0 Å². The van der Waals surface area contributed by atoms with Gasteiger partial charge >= 0.3 is 0 Å². The highest BCUT2D eigenvalue weighted by molar-refractivity contribution is 5.28. The molecule has 2 nitrogen and oxygen atoms in total. The average molecular weight is 263 g/mol. The van der Waals surface area contributed by atoms with Crippen LogP contribution in [0.25, 0.3) is 0 Å². The third-order valence-corrected chi connectivity index (χ3v) is 3.58. The summed E-state index contributed by atoms with van der Waals surface area (Å²) in [6, 6.07) is 8.81. The first kappa shape index (κ1) is 16.0. The second-order valence-electron chi connectivity index (χ2n) is 5.20. The second-order valence-corrected chi connectivity index (χ2v) is 5.20. The van der Waals surface area contributed by atoms with E-state index in [-0.39, 0.29) is 0 Å². The lowest BCUT2D eigenvalue weighted by molar-refractivity contribution is 0.304. The van der Waals surface area contributed by atoms with E-state index in [2.05, 4.69) is 43.4 Å². The molecule has 108 valence electrons. The highest BCUT2D eigenvalue weighted by Gasteiger charge is 2.02. The largest absolute Gasteiger partial charge is 0.494 e. The topological polar surface area (TPSA) is 21.3 Å². The summed E-state index contributed by atoms with van der Waals surface area (Å²) in [5.74, 6) is 0.987. The summed E-state index contributed by atoms with van der Waals surface area (Å²) in [7, 11) is 1.98. The van der Waals surface area contributed by atoms with Crippen molar-refractivity contribution < 1.29 is 4.74 Å². The quantitative estimate of drug-likeness (QED) is 0.617. The zero-order chi connectivity index (χ0) is 13.9. The predicted molar refractivity (Wildman–Crippen MR) is 82.8 cm³/mol. The maximum absolute atomic E-state index is 5.76. The number of ether oxygens (including phenoxy) is 1. The minimum absolute atomic E-state index is 0.396. The van der Waals surface area contributed by atoms with Crippen LogP contribution in [0.15, 0.2) is 24.3 Å². The van der Waals surface area contributed by atoms with Gasteiger partial charge in [-0.05, 0) is 38.1 Å². The number of unbranched alkanes of at least 4 members (excludes halogenated alkanes) is 5. The van der Waals surface area contributed by atoms with Crippen LogP contribution in [0.5, 0.6) is 5.75 Å². The van der Waals surface area contributed by atoms with Crippen molar-refractivity contribution >= 4 is 0 Å². The summed E-state index contributed by atoms with van der Waals surface area (Å²) in [6.07, 6.45) is 7.84. The molecule has 0 spiro atoms. The number of hydrogen-bond donors (Lipinski definition) is 1. The van der Waals surface area contributed by atoms with Gasteiger partial charge < -0.3 is 10.1 Å². The van der Waals surface area contributed by atoms with Crippen LogP contribution >= 0.6 is 0 Å². The fraction of sp³-hybridized carbons (Fsp3) is 0.647. The molecule has 2 heteroatoms. The Morgan fingerprint density at radius 1 is 1.00 bits per heavy atom. The van der Waals surface area contributed by atoms with Crippen LogP contribution in [-0.2, 0) is 0 Å². The maximum Gasteiger partial charge on any atom is 0.119 e. The van der Waals surface area contributed by atoms with Gasteiger partial charge in [0, 0.05) is 6.04 Å². The van der Waals surface area contributed by atoms with Gasteiger partial charge in [0.05, 0.1) is 6.61 Å². The summed E-state index contributed by atoms with van der Waals surface area (Å²) >= 11 is 0. The van der Waals surface area contributed by atoms with Gasteiger partial charge in [-0.15, -0.1) is 0 Å². The van der Waals surface area contributed by atoms with Crippen molar-refractivity contribution in [1.82, 2.24) is 5.32 Å². The van der Waals surface area contributed by atoms with E-state index in [1.54, 1.807) is 0 Å². The number of hydrogen-bond acceptors (Lipinski definition) is 2. The van der Waals surface area contributed by atoms with E-state index in [0.29, 0.717) is 6.04 Å². The Labute approximate surface area is 118 Å². The molecule has 0 saturated carbocycles. The number of benzene rings is 1. The molecule has 1 rings (SSSR count). The van der Waals surface area contributed by atoms with Gasteiger partial charge in [0.25, 0.3) is 0 Å². The first-order chi connectivity index (χ1) is 9.27. The second kappa shape index (κ2) is 9.85. The third-order valence-electron chi connectivity index (χ3n) is 3.58. The van der Waals surface area contributed by atoms with E-state index in [1.165, 1.54) is 44.1 Å². The zero-order valence-electron chi connectivity index (χ0n) is 12.7. The summed E-state index contributed by atoms with van der Waals surface area (Å²) in [4.78, 5) is 0. The fourth-order valence-electron chi connectivity index (χ4n) is 2.09. The molecule has 0 aromatic heterocycles. The van der Waals surface area contributed by atoms with Crippen molar-refractivity contribution in [3.63, 3.8) is 0 Å². The Kier molecular flexibility index (Phi) is 8.31. The Bertz CT molecular complexity index is 321. The van der Waals surface area contributed by atoms with E-state index >= 15 is 0 Å². The molecule has 1 atom stereocenters. The smallest absolute Gasteiger partial charge is 0.119 e. The summed E-state index contributed by atoms with van der Waals surface area (Å²) < 4.78 is 5.76. The molecule has 1 N–H and O–H groups in total. The van der Waals surface area contributed by atoms with Crippen LogP contribution in [0, 0.1) is 0 Å². The van der Waals surface area contributed by atoms with Crippen LogP contribution in [0.2, 0.25) is 0 Å². The molecule has 0 aliphatic carbocycles. The van der Waals surface area contributed by atoms with Crippen LogP contribution in [0.3, 0.4) is 0 Å². The first-order valence-corrected chi connectivity index (χ1v) is 7.68. The van der Waals surface area contributed by atoms with Crippen LogP contribution in [-0.4, -0.2) is 13.7 Å². The molecular formula is C17H29NO. The highest BCUT2D eigenvalue weighted by Crippen LogP contribution is 2.17. The van der Waals surface area contributed by atoms with E-state index in [4.69, 9.17) is 4.74 Å². The van der Waals surface area contributed by atoms with Gasteiger partial charge in [-0.2, -0.15) is 0 Å². The number of rotatable bonds is 10. The Hall–Kier alpha value is -1.02. The van der Waals surface area contributed by atoms with Gasteiger partial charge in [0.1, 0.15) is 5.75 Å².